The van der Waals surface area contributed by atoms with Gasteiger partial charge in [0.15, 0.2) is 11.5 Å². The molecule has 0 aromatic heterocycles. The van der Waals surface area contributed by atoms with E-state index in [-0.39, 0.29) is 35.8 Å². The number of carbonyl (C=O) groups excluding carboxylic acids is 3. The molecule has 0 bridgehead atoms. The fourth-order valence-electron chi connectivity index (χ4n) is 2.52. The van der Waals surface area contributed by atoms with Crippen LogP contribution in [0.2, 0.25) is 0 Å². The second kappa shape index (κ2) is 7.67. The van der Waals surface area contributed by atoms with Gasteiger partial charge in [0.25, 0.3) is 5.91 Å². The topological polar surface area (TPSA) is 93.7 Å². The highest BCUT2D eigenvalue weighted by molar-refractivity contribution is 6.03. The number of halogens is 2. The molecule has 1 saturated heterocycles. The third-order valence-electron chi connectivity index (χ3n) is 4.14. The highest BCUT2D eigenvalue weighted by Gasteiger charge is 2.28. The molecule has 140 valence electrons. The number of alkyl halides is 2. The van der Waals surface area contributed by atoms with E-state index in [2.05, 4.69) is 15.4 Å². The fraction of sp³-hybridized carbons (Fsp3) is 0.471. The van der Waals surface area contributed by atoms with Crippen molar-refractivity contribution in [2.24, 2.45) is 5.92 Å². The molecular weight excluding hydrogens is 350 g/mol. The quantitative estimate of drug-likeness (QED) is 0.714. The summed E-state index contributed by atoms with van der Waals surface area (Å²) < 4.78 is 35.0. The molecule has 7 nitrogen and oxygen atoms in total. The van der Waals surface area contributed by atoms with Gasteiger partial charge in [0.2, 0.25) is 11.8 Å². The Morgan fingerprint density at radius 3 is 2.65 bits per heavy atom. The van der Waals surface area contributed by atoms with Crippen LogP contribution in [0.25, 0.3) is 0 Å². The second-order valence-electron chi connectivity index (χ2n) is 6.27. The normalized spacial score (nSPS) is 19.9. The minimum Gasteiger partial charge on any atom is -0.489 e. The molecule has 1 aliphatic carbocycles. The molecule has 2 aliphatic rings. The number of rotatable bonds is 7. The van der Waals surface area contributed by atoms with Crippen molar-refractivity contribution in [1.29, 1.82) is 0 Å². The van der Waals surface area contributed by atoms with Crippen molar-refractivity contribution in [2.45, 2.75) is 38.3 Å². The van der Waals surface area contributed by atoms with Crippen LogP contribution in [0.3, 0.4) is 0 Å². The molecule has 1 aromatic rings. The third-order valence-corrected chi connectivity index (χ3v) is 4.14. The molecule has 0 radical (unpaired) electrons. The van der Waals surface area contributed by atoms with Crippen LogP contribution in [0.4, 0.5) is 8.78 Å². The van der Waals surface area contributed by atoms with E-state index in [1.807, 2.05) is 0 Å². The van der Waals surface area contributed by atoms with Gasteiger partial charge in [0.1, 0.15) is 6.04 Å². The zero-order chi connectivity index (χ0) is 18.7. The summed E-state index contributed by atoms with van der Waals surface area (Å²) in [5.41, 5.74) is 0.141. The van der Waals surface area contributed by atoms with Gasteiger partial charge in [0.05, 0.1) is 6.61 Å². The van der Waals surface area contributed by atoms with Crippen molar-refractivity contribution in [3.8, 4) is 11.5 Å². The van der Waals surface area contributed by atoms with Gasteiger partial charge in [-0.25, -0.2) is 0 Å². The lowest BCUT2D eigenvalue weighted by molar-refractivity contribution is -0.134. The first-order valence-corrected chi connectivity index (χ1v) is 8.28. The van der Waals surface area contributed by atoms with Crippen molar-refractivity contribution >= 4 is 17.7 Å². The number of carbonyl (C=O) groups is 3. The maximum atomic E-state index is 12.5. The van der Waals surface area contributed by atoms with Gasteiger partial charge in [-0.15, -0.1) is 0 Å². The standard InChI is InChI=1S/C17H18F2N2O5/c18-17(19)26-12-5-3-10(7-13(12)25-8-9-1-2-9)15(23)20-11-4-6-14(22)21-16(11)24/h3,5,7,9,11,17H,1-2,4,6,8H2,(H,20,23)(H,21,22,24)/t11-/m0/s1. The zero-order valence-corrected chi connectivity index (χ0v) is 13.8. The average molecular weight is 368 g/mol. The third kappa shape index (κ3) is 4.68. The van der Waals surface area contributed by atoms with Crippen LogP contribution in [0.1, 0.15) is 36.0 Å². The van der Waals surface area contributed by atoms with E-state index in [1.165, 1.54) is 18.2 Å². The molecule has 0 spiro atoms. The largest absolute Gasteiger partial charge is 0.489 e. The molecule has 1 atom stereocenters. The Labute approximate surface area is 148 Å². The minimum atomic E-state index is -3.01. The van der Waals surface area contributed by atoms with E-state index >= 15 is 0 Å². The Bertz CT molecular complexity index is 721. The number of amides is 3. The molecule has 3 amide bonds. The Morgan fingerprint density at radius 1 is 1.23 bits per heavy atom. The number of ether oxygens (including phenoxy) is 2. The first kappa shape index (κ1) is 18.1. The molecular formula is C17H18F2N2O5. The fourth-order valence-corrected chi connectivity index (χ4v) is 2.52. The molecule has 1 aromatic carbocycles. The maximum absolute atomic E-state index is 12.5. The molecule has 1 saturated carbocycles. The summed E-state index contributed by atoms with van der Waals surface area (Å²) in [6, 6.07) is 3.02. The van der Waals surface area contributed by atoms with Gasteiger partial charge in [-0.05, 0) is 43.4 Å². The summed E-state index contributed by atoms with van der Waals surface area (Å²) >= 11 is 0. The predicted octanol–water partition coefficient (Wildman–Crippen LogP) is 1.61. The number of hydrogen-bond donors (Lipinski definition) is 2. The molecule has 26 heavy (non-hydrogen) atoms. The van der Waals surface area contributed by atoms with E-state index in [1.54, 1.807) is 0 Å². The number of nitrogens with one attached hydrogen (secondary N) is 2. The van der Waals surface area contributed by atoms with Crippen molar-refractivity contribution < 1.29 is 32.6 Å². The molecule has 2 N–H and O–H groups in total. The maximum Gasteiger partial charge on any atom is 0.387 e. The smallest absolute Gasteiger partial charge is 0.387 e. The first-order chi connectivity index (χ1) is 12.4. The van der Waals surface area contributed by atoms with Gasteiger partial charge < -0.3 is 14.8 Å². The van der Waals surface area contributed by atoms with Crippen LogP contribution in [-0.4, -0.2) is 37.0 Å². The summed E-state index contributed by atoms with van der Waals surface area (Å²) in [4.78, 5) is 35.2. The summed E-state index contributed by atoms with van der Waals surface area (Å²) in [5, 5.41) is 4.67. The van der Waals surface area contributed by atoms with Crippen LogP contribution in [-0.2, 0) is 9.59 Å². The Balaban J connectivity index is 1.71. The minimum absolute atomic E-state index is 0.0492. The highest BCUT2D eigenvalue weighted by atomic mass is 19.3. The van der Waals surface area contributed by atoms with E-state index in [0.717, 1.165) is 12.8 Å². The van der Waals surface area contributed by atoms with Crippen LogP contribution in [0.5, 0.6) is 11.5 Å². The van der Waals surface area contributed by atoms with Gasteiger partial charge in [0, 0.05) is 12.0 Å². The number of piperidine rings is 1. The van der Waals surface area contributed by atoms with E-state index in [4.69, 9.17) is 4.74 Å². The summed E-state index contributed by atoms with van der Waals surface area (Å²) in [6.45, 7) is -2.65. The molecule has 1 aliphatic heterocycles. The first-order valence-electron chi connectivity index (χ1n) is 8.28. The SMILES string of the molecule is O=C1CC[C@H](NC(=O)c2ccc(OC(F)F)c(OCC3CC3)c2)C(=O)N1. The van der Waals surface area contributed by atoms with E-state index < -0.39 is 24.5 Å². The van der Waals surface area contributed by atoms with E-state index in [0.29, 0.717) is 12.5 Å². The lowest BCUT2D eigenvalue weighted by Gasteiger charge is -2.22. The van der Waals surface area contributed by atoms with Crippen molar-refractivity contribution in [2.75, 3.05) is 6.61 Å². The Kier molecular flexibility index (Phi) is 5.34. The highest BCUT2D eigenvalue weighted by Crippen LogP contribution is 2.34. The average Bonchev–Trinajstić information content (AvgIpc) is 3.40. The van der Waals surface area contributed by atoms with Crippen LogP contribution in [0.15, 0.2) is 18.2 Å². The second-order valence-corrected chi connectivity index (χ2v) is 6.27. The Morgan fingerprint density at radius 2 is 2.00 bits per heavy atom. The Hall–Kier alpha value is -2.71. The van der Waals surface area contributed by atoms with E-state index in [9.17, 15) is 23.2 Å². The lowest BCUT2D eigenvalue weighted by atomic mass is 10.1. The van der Waals surface area contributed by atoms with Gasteiger partial charge in [-0.2, -0.15) is 8.78 Å². The molecule has 3 rings (SSSR count). The summed E-state index contributed by atoms with van der Waals surface area (Å²) in [5.74, 6) is -1.25. The predicted molar refractivity (Wildman–Crippen MR) is 84.9 cm³/mol. The molecule has 9 heteroatoms. The molecule has 0 unspecified atom stereocenters. The number of hydrogen-bond acceptors (Lipinski definition) is 5. The van der Waals surface area contributed by atoms with Gasteiger partial charge in [-0.1, -0.05) is 0 Å². The van der Waals surface area contributed by atoms with Crippen LogP contribution < -0.4 is 20.1 Å². The molecule has 1 heterocycles. The van der Waals surface area contributed by atoms with Gasteiger partial charge >= 0.3 is 6.61 Å². The monoisotopic (exact) mass is 368 g/mol. The summed E-state index contributed by atoms with van der Waals surface area (Å²) in [6.07, 6.45) is 2.36. The summed E-state index contributed by atoms with van der Waals surface area (Å²) in [7, 11) is 0. The number of imide groups is 1. The van der Waals surface area contributed by atoms with Crippen LogP contribution in [0, 0.1) is 5.92 Å². The number of benzene rings is 1. The van der Waals surface area contributed by atoms with Crippen molar-refractivity contribution in [1.82, 2.24) is 10.6 Å². The lowest BCUT2D eigenvalue weighted by Crippen LogP contribution is -2.52. The van der Waals surface area contributed by atoms with Crippen molar-refractivity contribution in [3.05, 3.63) is 23.8 Å². The molecule has 2 fully saturated rings. The van der Waals surface area contributed by atoms with Crippen LogP contribution >= 0.6 is 0 Å². The van der Waals surface area contributed by atoms with Crippen molar-refractivity contribution in [3.63, 3.8) is 0 Å². The zero-order valence-electron chi connectivity index (χ0n) is 13.8. The van der Waals surface area contributed by atoms with Gasteiger partial charge in [-0.3, -0.25) is 19.7 Å².